The molecule has 1 N–H and O–H groups in total. The van der Waals surface area contributed by atoms with Crippen molar-refractivity contribution in [2.45, 2.75) is 18.4 Å². The van der Waals surface area contributed by atoms with Crippen LogP contribution in [0.15, 0.2) is 82.8 Å². The first-order valence-corrected chi connectivity index (χ1v) is 11.1. The molecule has 3 aromatic rings. The van der Waals surface area contributed by atoms with Gasteiger partial charge in [0.05, 0.1) is 22.6 Å². The molecule has 10 heteroatoms. The van der Waals surface area contributed by atoms with Gasteiger partial charge in [0.25, 0.3) is 15.7 Å². The third-order valence-electron chi connectivity index (χ3n) is 4.23. The van der Waals surface area contributed by atoms with Crippen LogP contribution in [0.4, 0.5) is 5.69 Å². The molecule has 0 saturated carbocycles. The molecule has 0 fully saturated rings. The van der Waals surface area contributed by atoms with Crippen LogP contribution in [0.25, 0.3) is 0 Å². The van der Waals surface area contributed by atoms with Gasteiger partial charge in [-0.1, -0.05) is 36.4 Å². The van der Waals surface area contributed by atoms with Crippen molar-refractivity contribution in [3.63, 3.8) is 0 Å². The Morgan fingerprint density at radius 3 is 2.50 bits per heavy atom. The molecular weight excluding hydrogens is 434 g/mol. The Kier molecular flexibility index (Phi) is 7.40. The molecule has 0 aromatic heterocycles. The first kappa shape index (κ1) is 22.8. The van der Waals surface area contributed by atoms with Gasteiger partial charge in [0.15, 0.2) is 11.5 Å². The summed E-state index contributed by atoms with van der Waals surface area (Å²) >= 11 is 0. The van der Waals surface area contributed by atoms with Crippen LogP contribution in [0.1, 0.15) is 18.1 Å². The van der Waals surface area contributed by atoms with Gasteiger partial charge in [-0.3, -0.25) is 10.1 Å². The van der Waals surface area contributed by atoms with E-state index in [9.17, 15) is 18.5 Å². The third-order valence-corrected chi connectivity index (χ3v) is 5.45. The molecule has 0 atom stereocenters. The molecule has 166 valence electrons. The standard InChI is InChI=1S/C22H21N3O6S/c1-2-30-22-13-18(11-12-21(22)31-16-17-7-4-3-5-8-17)15-23-24-32(28,29)20-10-6-9-19(14-20)25(26)27/h3-15,24H,2,16H2,1H3/b23-15+. The van der Waals surface area contributed by atoms with Crippen LogP contribution in [-0.4, -0.2) is 26.2 Å². The lowest BCUT2D eigenvalue weighted by atomic mass is 10.2. The zero-order chi connectivity index (χ0) is 23.0. The number of rotatable bonds is 10. The highest BCUT2D eigenvalue weighted by Gasteiger charge is 2.16. The molecule has 3 aromatic carbocycles. The van der Waals surface area contributed by atoms with Crippen LogP contribution >= 0.6 is 0 Å². The van der Waals surface area contributed by atoms with E-state index in [0.717, 1.165) is 11.6 Å². The number of nitro groups is 1. The summed E-state index contributed by atoms with van der Waals surface area (Å²) in [7, 11) is -4.06. The highest BCUT2D eigenvalue weighted by Crippen LogP contribution is 2.29. The number of nitro benzene ring substituents is 1. The Bertz CT molecular complexity index is 1210. The monoisotopic (exact) mass is 455 g/mol. The van der Waals surface area contributed by atoms with Gasteiger partial charge in [0.1, 0.15) is 6.61 Å². The predicted molar refractivity (Wildman–Crippen MR) is 119 cm³/mol. The van der Waals surface area contributed by atoms with Crippen molar-refractivity contribution in [3.8, 4) is 11.5 Å². The quantitative estimate of drug-likeness (QED) is 0.281. The molecule has 0 saturated heterocycles. The van der Waals surface area contributed by atoms with Gasteiger partial charge in [0.2, 0.25) is 0 Å². The Hall–Kier alpha value is -3.92. The van der Waals surface area contributed by atoms with Crippen molar-refractivity contribution < 1.29 is 22.8 Å². The van der Waals surface area contributed by atoms with Crippen molar-refractivity contribution in [2.24, 2.45) is 5.10 Å². The van der Waals surface area contributed by atoms with E-state index in [1.807, 2.05) is 42.1 Å². The molecule has 0 bridgehead atoms. The molecule has 0 heterocycles. The minimum Gasteiger partial charge on any atom is -0.490 e. The van der Waals surface area contributed by atoms with Crippen molar-refractivity contribution in [2.75, 3.05) is 6.61 Å². The maximum atomic E-state index is 12.3. The summed E-state index contributed by atoms with van der Waals surface area (Å²) < 4.78 is 36.2. The lowest BCUT2D eigenvalue weighted by Gasteiger charge is -2.12. The maximum Gasteiger partial charge on any atom is 0.276 e. The molecule has 3 rings (SSSR count). The summed E-state index contributed by atoms with van der Waals surface area (Å²) in [6.45, 7) is 2.63. The summed E-state index contributed by atoms with van der Waals surface area (Å²) in [5.74, 6) is 1.04. The molecule has 0 radical (unpaired) electrons. The number of sulfonamides is 1. The number of benzene rings is 3. The molecule has 0 aliphatic rings. The second-order valence-electron chi connectivity index (χ2n) is 6.52. The second-order valence-corrected chi connectivity index (χ2v) is 8.18. The van der Waals surface area contributed by atoms with Crippen LogP contribution in [0.5, 0.6) is 11.5 Å². The van der Waals surface area contributed by atoms with Crippen molar-refractivity contribution in [1.82, 2.24) is 4.83 Å². The normalized spacial score (nSPS) is 11.3. The largest absolute Gasteiger partial charge is 0.490 e. The fraction of sp³-hybridized carbons (Fsp3) is 0.136. The number of nitrogens with one attached hydrogen (secondary N) is 1. The molecule has 0 spiro atoms. The summed E-state index contributed by atoms with van der Waals surface area (Å²) in [6, 6.07) is 19.5. The van der Waals surface area contributed by atoms with E-state index in [2.05, 4.69) is 5.10 Å². The highest BCUT2D eigenvalue weighted by molar-refractivity contribution is 7.89. The Balaban J connectivity index is 1.71. The molecular formula is C22H21N3O6S. The first-order valence-electron chi connectivity index (χ1n) is 9.62. The van der Waals surface area contributed by atoms with E-state index in [-0.39, 0.29) is 10.6 Å². The average molecular weight is 455 g/mol. The van der Waals surface area contributed by atoms with Crippen molar-refractivity contribution >= 4 is 21.9 Å². The number of ether oxygens (including phenoxy) is 2. The van der Waals surface area contributed by atoms with Crippen LogP contribution in [0, 0.1) is 10.1 Å². The zero-order valence-electron chi connectivity index (χ0n) is 17.2. The Labute approximate surface area is 185 Å². The van der Waals surface area contributed by atoms with E-state index < -0.39 is 14.9 Å². The number of nitrogens with zero attached hydrogens (tertiary/aromatic N) is 2. The summed E-state index contributed by atoms with van der Waals surface area (Å²) in [6.07, 6.45) is 1.30. The van der Waals surface area contributed by atoms with Crippen LogP contribution in [-0.2, 0) is 16.6 Å². The SMILES string of the molecule is CCOc1cc(/C=N/NS(=O)(=O)c2cccc([N+](=O)[O-])c2)ccc1OCc1ccccc1. The molecule has 9 nitrogen and oxygen atoms in total. The second kappa shape index (κ2) is 10.4. The summed E-state index contributed by atoms with van der Waals surface area (Å²) in [5.41, 5.74) is 1.25. The fourth-order valence-electron chi connectivity index (χ4n) is 2.72. The lowest BCUT2D eigenvalue weighted by molar-refractivity contribution is -0.385. The van der Waals surface area contributed by atoms with Gasteiger partial charge in [-0.2, -0.15) is 13.5 Å². The van der Waals surface area contributed by atoms with E-state index in [1.165, 1.54) is 24.4 Å². The maximum absolute atomic E-state index is 12.3. The average Bonchev–Trinajstić information content (AvgIpc) is 2.79. The van der Waals surface area contributed by atoms with Gasteiger partial charge in [-0.05, 0) is 42.3 Å². The minimum atomic E-state index is -4.06. The van der Waals surface area contributed by atoms with Gasteiger partial charge in [0, 0.05) is 12.1 Å². The van der Waals surface area contributed by atoms with Crippen LogP contribution in [0.2, 0.25) is 0 Å². The summed E-state index contributed by atoms with van der Waals surface area (Å²) in [5, 5.41) is 14.6. The van der Waals surface area contributed by atoms with Crippen LogP contribution in [0.3, 0.4) is 0 Å². The smallest absolute Gasteiger partial charge is 0.276 e. The van der Waals surface area contributed by atoms with E-state index in [4.69, 9.17) is 9.47 Å². The molecule has 0 aliphatic heterocycles. The Morgan fingerprint density at radius 2 is 1.78 bits per heavy atom. The van der Waals surface area contributed by atoms with E-state index in [0.29, 0.717) is 30.3 Å². The number of hydrogen-bond acceptors (Lipinski definition) is 7. The number of non-ortho nitro benzene ring substituents is 1. The van der Waals surface area contributed by atoms with Gasteiger partial charge in [-0.15, -0.1) is 0 Å². The lowest BCUT2D eigenvalue weighted by Crippen LogP contribution is -2.18. The molecule has 0 unspecified atom stereocenters. The highest BCUT2D eigenvalue weighted by atomic mass is 32.2. The van der Waals surface area contributed by atoms with Gasteiger partial charge >= 0.3 is 0 Å². The minimum absolute atomic E-state index is 0.261. The van der Waals surface area contributed by atoms with E-state index in [1.54, 1.807) is 18.2 Å². The Morgan fingerprint density at radius 1 is 1.00 bits per heavy atom. The predicted octanol–water partition coefficient (Wildman–Crippen LogP) is 3.88. The van der Waals surface area contributed by atoms with Crippen molar-refractivity contribution in [3.05, 3.63) is 94.0 Å². The number of hydrogen-bond donors (Lipinski definition) is 1. The van der Waals surface area contributed by atoms with Gasteiger partial charge in [-0.25, -0.2) is 4.83 Å². The van der Waals surface area contributed by atoms with Crippen LogP contribution < -0.4 is 14.3 Å². The third kappa shape index (κ3) is 6.05. The molecule has 0 aliphatic carbocycles. The van der Waals surface area contributed by atoms with E-state index >= 15 is 0 Å². The number of hydrazone groups is 1. The summed E-state index contributed by atoms with van der Waals surface area (Å²) in [4.78, 5) is 12.0. The molecule has 32 heavy (non-hydrogen) atoms. The zero-order valence-corrected chi connectivity index (χ0v) is 18.0. The van der Waals surface area contributed by atoms with Gasteiger partial charge < -0.3 is 9.47 Å². The topological polar surface area (TPSA) is 120 Å². The fourth-order valence-corrected chi connectivity index (χ4v) is 3.55. The first-order chi connectivity index (χ1) is 15.4. The molecule has 0 amide bonds. The van der Waals surface area contributed by atoms with Crippen molar-refractivity contribution in [1.29, 1.82) is 0 Å².